The Morgan fingerprint density at radius 1 is 0.714 bits per heavy atom. The topological polar surface area (TPSA) is 0 Å². The molecule has 222 valence electrons. The molecule has 0 amide bonds. The Kier molecular flexibility index (Phi) is 13.8. The normalized spacial score (nSPS) is 16.5. The van der Waals surface area contributed by atoms with Gasteiger partial charge in [-0.05, 0) is 10.8 Å². The summed E-state index contributed by atoms with van der Waals surface area (Å²) in [5.74, 6) is 0.472. The number of allylic oxidation sites excluding steroid dienone is 4. The first-order valence-electron chi connectivity index (χ1n) is 15.0. The Bertz CT molecular complexity index is 1430. The molecule has 1 saturated carbocycles. The summed E-state index contributed by atoms with van der Waals surface area (Å²) in [6, 6.07) is 26.6. The first-order valence-corrected chi connectivity index (χ1v) is 16.2. The van der Waals surface area contributed by atoms with Crippen LogP contribution in [-0.2, 0) is 35.1 Å². The van der Waals surface area contributed by atoms with Crippen molar-refractivity contribution in [2.75, 3.05) is 0 Å². The summed E-state index contributed by atoms with van der Waals surface area (Å²) in [5.41, 5.74) is 5.78. The zero-order chi connectivity index (χ0) is 28.9. The van der Waals surface area contributed by atoms with E-state index in [-0.39, 0.29) is 35.6 Å². The van der Waals surface area contributed by atoms with Gasteiger partial charge in [0.05, 0.1) is 0 Å². The van der Waals surface area contributed by atoms with Gasteiger partial charge in [0.1, 0.15) is 0 Å². The zero-order valence-corrected chi connectivity index (χ0v) is 30.4. The summed E-state index contributed by atoms with van der Waals surface area (Å²) in [6.45, 7) is 15.8. The van der Waals surface area contributed by atoms with Crippen LogP contribution in [0.3, 0.4) is 0 Å². The van der Waals surface area contributed by atoms with E-state index in [1.54, 1.807) is 27.4 Å². The Hall–Kier alpha value is -1.66. The van der Waals surface area contributed by atoms with E-state index in [1.165, 1.54) is 75.9 Å². The molecule has 0 aromatic heterocycles. The molecule has 4 aromatic carbocycles. The molecule has 0 heterocycles. The molecule has 0 N–H and O–H groups in total. The molecule has 2 aliphatic carbocycles. The SMILES string of the molecule is CC(C)(C)c1ccc2[cH-]c3ccc(C(C)(C)C)cc3c2c1.CC1[C-]=CC(c2ccccc2)=C1.[Cl-].[Cl-].[Zr+2]=[C]1CCCCC1. The standard InChI is InChI=1S/C21H25.C12H11.C6H10.2ClH.Zr/c1-20(2,3)16-9-7-14-11-15-8-10-17(21(4,5)6)13-19(15)18(14)12-16;1-10-7-8-12(9-10)11-5-3-2-4-6-11;1-2-4-6-5-3-1;;;/h7-13H,1-6H3;2-6,8-10H,1H3;1-5H2;2*1H;/q2*-1;;;;+2/p-2. The summed E-state index contributed by atoms with van der Waals surface area (Å²) in [6.07, 6.45) is 14.9. The predicted octanol–water partition coefficient (Wildman–Crippen LogP) is 5.06. The summed E-state index contributed by atoms with van der Waals surface area (Å²) >= 11 is 1.69. The molecule has 0 bridgehead atoms. The van der Waals surface area contributed by atoms with Crippen molar-refractivity contribution in [3.63, 3.8) is 0 Å². The van der Waals surface area contributed by atoms with Crippen molar-refractivity contribution < 1.29 is 49.0 Å². The second kappa shape index (κ2) is 15.9. The molecule has 0 nitrogen and oxygen atoms in total. The van der Waals surface area contributed by atoms with Crippen molar-refractivity contribution in [1.29, 1.82) is 0 Å². The molecule has 0 aliphatic heterocycles. The molecule has 0 radical (unpaired) electrons. The van der Waals surface area contributed by atoms with E-state index in [4.69, 9.17) is 0 Å². The van der Waals surface area contributed by atoms with Gasteiger partial charge in [-0.1, -0.05) is 120 Å². The second-order valence-electron chi connectivity index (χ2n) is 13.5. The molecule has 2 aliphatic rings. The third-order valence-electron chi connectivity index (χ3n) is 7.94. The maximum atomic E-state index is 3.25. The monoisotopic (exact) mass is 674 g/mol. The van der Waals surface area contributed by atoms with E-state index in [1.807, 2.05) is 6.07 Å². The van der Waals surface area contributed by atoms with Gasteiger partial charge in [-0.15, -0.1) is 45.3 Å². The van der Waals surface area contributed by atoms with Crippen LogP contribution in [0.1, 0.15) is 97.3 Å². The fourth-order valence-electron chi connectivity index (χ4n) is 5.31. The fraction of sp³-hybridized carbons (Fsp3) is 0.385. The Balaban J connectivity index is 0.000000248. The molecule has 1 unspecified atom stereocenters. The fourth-order valence-corrected chi connectivity index (χ4v) is 6.18. The first kappa shape index (κ1) is 36.5. The number of fused-ring (bicyclic) bond motifs is 3. The van der Waals surface area contributed by atoms with Gasteiger partial charge >= 0.3 is 59.5 Å². The minimum atomic E-state index is 0. The van der Waals surface area contributed by atoms with Crippen LogP contribution in [0.5, 0.6) is 0 Å². The number of halogens is 2. The molecule has 0 saturated heterocycles. The average molecular weight is 677 g/mol. The molecule has 6 rings (SSSR count). The van der Waals surface area contributed by atoms with Crippen LogP contribution in [0.2, 0.25) is 0 Å². The van der Waals surface area contributed by atoms with E-state index < -0.39 is 0 Å². The first-order chi connectivity index (χ1) is 18.9. The quantitative estimate of drug-likeness (QED) is 0.248. The molecule has 42 heavy (non-hydrogen) atoms. The summed E-state index contributed by atoms with van der Waals surface area (Å²) in [7, 11) is 0. The van der Waals surface area contributed by atoms with Crippen molar-refractivity contribution in [3.05, 3.63) is 108 Å². The number of hydrogen-bond acceptors (Lipinski definition) is 0. The van der Waals surface area contributed by atoms with Crippen LogP contribution in [0.25, 0.3) is 27.1 Å². The molecule has 1 atom stereocenters. The van der Waals surface area contributed by atoms with Crippen molar-refractivity contribution in [3.8, 4) is 0 Å². The van der Waals surface area contributed by atoms with Crippen molar-refractivity contribution in [1.82, 2.24) is 0 Å². The number of rotatable bonds is 1. The molecule has 0 spiro atoms. The van der Waals surface area contributed by atoms with Crippen LogP contribution >= 0.6 is 0 Å². The van der Waals surface area contributed by atoms with Crippen LogP contribution in [0.4, 0.5) is 0 Å². The van der Waals surface area contributed by atoms with Gasteiger partial charge in [-0.3, -0.25) is 6.08 Å². The van der Waals surface area contributed by atoms with E-state index in [2.05, 4.69) is 133 Å². The van der Waals surface area contributed by atoms with E-state index >= 15 is 0 Å². The summed E-state index contributed by atoms with van der Waals surface area (Å²) in [4.78, 5) is 0. The van der Waals surface area contributed by atoms with Crippen molar-refractivity contribution in [2.24, 2.45) is 5.92 Å². The van der Waals surface area contributed by atoms with E-state index in [9.17, 15) is 0 Å². The second-order valence-corrected chi connectivity index (χ2v) is 15.2. The third-order valence-corrected chi connectivity index (χ3v) is 9.16. The van der Waals surface area contributed by atoms with Crippen LogP contribution in [-0.4, -0.2) is 3.21 Å². The van der Waals surface area contributed by atoms with Gasteiger partial charge in [0.2, 0.25) is 0 Å². The average Bonchev–Trinajstić information content (AvgIpc) is 3.52. The predicted molar refractivity (Wildman–Crippen MR) is 174 cm³/mol. The van der Waals surface area contributed by atoms with Crippen LogP contribution in [0, 0.1) is 12.0 Å². The molecule has 3 heteroatoms. The van der Waals surface area contributed by atoms with E-state index in [0.717, 1.165) is 0 Å². The number of hydrogen-bond donors (Lipinski definition) is 0. The van der Waals surface area contributed by atoms with Gasteiger partial charge in [0.25, 0.3) is 0 Å². The summed E-state index contributed by atoms with van der Waals surface area (Å²) < 4.78 is 1.80. The minimum absolute atomic E-state index is 0. The summed E-state index contributed by atoms with van der Waals surface area (Å²) in [5, 5.41) is 5.49. The van der Waals surface area contributed by atoms with Gasteiger partial charge in [0.15, 0.2) is 0 Å². The van der Waals surface area contributed by atoms with Gasteiger partial charge in [-0.25, -0.2) is 6.08 Å². The van der Waals surface area contributed by atoms with Gasteiger partial charge in [-0.2, -0.15) is 11.6 Å². The van der Waals surface area contributed by atoms with Crippen LogP contribution < -0.4 is 24.8 Å². The third kappa shape index (κ3) is 9.94. The Labute approximate surface area is 282 Å². The van der Waals surface area contributed by atoms with Gasteiger partial charge < -0.3 is 24.8 Å². The molecular weight excluding hydrogens is 631 g/mol. The van der Waals surface area contributed by atoms with E-state index in [0.29, 0.717) is 5.92 Å². The van der Waals surface area contributed by atoms with Crippen molar-refractivity contribution in [2.45, 2.75) is 91.4 Å². The Morgan fingerprint density at radius 2 is 1.21 bits per heavy atom. The van der Waals surface area contributed by atoms with Crippen molar-refractivity contribution >= 4 is 30.3 Å². The van der Waals surface area contributed by atoms with Gasteiger partial charge in [0, 0.05) is 0 Å². The van der Waals surface area contributed by atoms with Crippen LogP contribution in [0.15, 0.2) is 84.9 Å². The molecule has 4 aromatic rings. The Morgan fingerprint density at radius 3 is 1.60 bits per heavy atom. The molecule has 1 fully saturated rings. The zero-order valence-electron chi connectivity index (χ0n) is 26.5. The maximum absolute atomic E-state index is 3.25. The molecular formula is C39H46Cl2Zr-2. The number of benzene rings is 3.